The Morgan fingerprint density at radius 3 is 2.52 bits per heavy atom. The Morgan fingerprint density at radius 1 is 1.12 bits per heavy atom. The summed E-state index contributed by atoms with van der Waals surface area (Å²) in [6, 6.07) is 7.56. The molecule has 3 aromatic rings. The predicted molar refractivity (Wildman–Crippen MR) is 90.4 cm³/mol. The number of thiophene rings is 1. The molecule has 8 heteroatoms. The summed E-state index contributed by atoms with van der Waals surface area (Å²) < 4.78 is 46.3. The Bertz CT molecular complexity index is 879. The van der Waals surface area contributed by atoms with Gasteiger partial charge in [0.05, 0.1) is 0 Å². The van der Waals surface area contributed by atoms with E-state index in [1.165, 1.54) is 29.7 Å². The molecule has 0 spiro atoms. The molecule has 0 saturated heterocycles. The van der Waals surface area contributed by atoms with E-state index < -0.39 is 12.3 Å². The van der Waals surface area contributed by atoms with Gasteiger partial charge in [-0.15, -0.1) is 0 Å². The molecular formula is C17H14F3N3OS. The molecule has 1 atom stereocenters. The minimum Gasteiger partial charge on any atom is -0.460 e. The molecule has 2 aromatic heterocycles. The molecule has 0 aliphatic carbocycles. The predicted octanol–water partition coefficient (Wildman–Crippen LogP) is 4.78. The SMILES string of the molecule is Cc1cscc1-c1ccccc1C(Oc1ccnc(N)n1)C(F)(F)F. The standard InChI is InChI=1S/C17H14F3N3OS/c1-10-8-25-9-13(10)11-4-2-3-5-12(11)15(17(18,19)20)24-14-6-7-22-16(21)23-14/h2-9,15H,1H3,(H2,21,22,23). The van der Waals surface area contributed by atoms with Crippen LogP contribution in [0.3, 0.4) is 0 Å². The van der Waals surface area contributed by atoms with Crippen LogP contribution in [0.4, 0.5) is 19.1 Å². The van der Waals surface area contributed by atoms with Gasteiger partial charge in [-0.25, -0.2) is 4.98 Å². The van der Waals surface area contributed by atoms with E-state index in [1.54, 1.807) is 18.2 Å². The largest absolute Gasteiger partial charge is 0.460 e. The number of hydrogen-bond donors (Lipinski definition) is 1. The highest BCUT2D eigenvalue weighted by Gasteiger charge is 2.44. The maximum atomic E-state index is 13.7. The number of aryl methyl sites for hydroxylation is 1. The van der Waals surface area contributed by atoms with Crippen molar-refractivity contribution in [3.05, 3.63) is 58.4 Å². The van der Waals surface area contributed by atoms with Crippen molar-refractivity contribution in [3.63, 3.8) is 0 Å². The number of nitrogen functional groups attached to an aromatic ring is 1. The number of alkyl halides is 3. The van der Waals surface area contributed by atoms with Crippen molar-refractivity contribution in [2.75, 3.05) is 5.73 Å². The van der Waals surface area contributed by atoms with Gasteiger partial charge in [-0.1, -0.05) is 24.3 Å². The van der Waals surface area contributed by atoms with E-state index >= 15 is 0 Å². The van der Waals surface area contributed by atoms with E-state index in [-0.39, 0.29) is 17.4 Å². The van der Waals surface area contributed by atoms with Gasteiger partial charge in [0.2, 0.25) is 17.9 Å². The quantitative estimate of drug-likeness (QED) is 0.723. The second kappa shape index (κ2) is 6.72. The first-order valence-electron chi connectivity index (χ1n) is 7.30. The molecular weight excluding hydrogens is 351 g/mol. The second-order valence-corrected chi connectivity index (χ2v) is 6.09. The van der Waals surface area contributed by atoms with Gasteiger partial charge < -0.3 is 10.5 Å². The molecule has 0 amide bonds. The lowest BCUT2D eigenvalue weighted by atomic mass is 9.95. The molecule has 0 aliphatic heterocycles. The molecule has 1 unspecified atom stereocenters. The van der Waals surface area contributed by atoms with Crippen molar-refractivity contribution in [3.8, 4) is 17.0 Å². The fraction of sp³-hybridized carbons (Fsp3) is 0.176. The van der Waals surface area contributed by atoms with Crippen LogP contribution in [0.5, 0.6) is 5.88 Å². The van der Waals surface area contributed by atoms with Crippen LogP contribution in [0, 0.1) is 6.92 Å². The van der Waals surface area contributed by atoms with Crippen LogP contribution in [0.1, 0.15) is 17.2 Å². The topological polar surface area (TPSA) is 61.0 Å². The molecule has 0 fully saturated rings. The van der Waals surface area contributed by atoms with Crippen LogP contribution in [-0.2, 0) is 0 Å². The Balaban J connectivity index is 2.08. The first kappa shape index (κ1) is 17.2. The summed E-state index contributed by atoms with van der Waals surface area (Å²) in [7, 11) is 0. The number of aromatic nitrogens is 2. The lowest BCUT2D eigenvalue weighted by molar-refractivity contribution is -0.198. The van der Waals surface area contributed by atoms with Crippen LogP contribution < -0.4 is 10.5 Å². The monoisotopic (exact) mass is 365 g/mol. The third kappa shape index (κ3) is 3.74. The van der Waals surface area contributed by atoms with E-state index in [2.05, 4.69) is 9.97 Å². The summed E-state index contributed by atoms with van der Waals surface area (Å²) >= 11 is 1.44. The maximum absolute atomic E-state index is 13.7. The molecule has 1 aromatic carbocycles. The van der Waals surface area contributed by atoms with Gasteiger partial charge in [0.1, 0.15) is 0 Å². The van der Waals surface area contributed by atoms with Gasteiger partial charge in [0, 0.05) is 17.8 Å². The van der Waals surface area contributed by atoms with Crippen LogP contribution in [-0.4, -0.2) is 16.1 Å². The zero-order chi connectivity index (χ0) is 18.0. The molecule has 0 saturated carbocycles. The molecule has 2 N–H and O–H groups in total. The lowest BCUT2D eigenvalue weighted by Gasteiger charge is -2.24. The molecule has 0 bridgehead atoms. The number of halogens is 3. The average molecular weight is 365 g/mol. The Hall–Kier alpha value is -2.61. The summed E-state index contributed by atoms with van der Waals surface area (Å²) in [5, 5.41) is 3.71. The van der Waals surface area contributed by atoms with Crippen LogP contribution in [0.2, 0.25) is 0 Å². The smallest absolute Gasteiger partial charge is 0.429 e. The van der Waals surface area contributed by atoms with Crippen molar-refractivity contribution in [1.29, 1.82) is 0 Å². The van der Waals surface area contributed by atoms with Gasteiger partial charge in [0.15, 0.2) is 0 Å². The molecule has 4 nitrogen and oxygen atoms in total. The highest BCUT2D eigenvalue weighted by Crippen LogP contribution is 2.41. The van der Waals surface area contributed by atoms with E-state index in [9.17, 15) is 13.2 Å². The molecule has 3 rings (SSSR count). The Morgan fingerprint density at radius 2 is 1.88 bits per heavy atom. The summed E-state index contributed by atoms with van der Waals surface area (Å²) in [4.78, 5) is 7.37. The number of anilines is 1. The van der Waals surface area contributed by atoms with Crippen LogP contribution in [0.15, 0.2) is 47.3 Å². The molecule has 25 heavy (non-hydrogen) atoms. The van der Waals surface area contributed by atoms with Crippen LogP contribution in [0.25, 0.3) is 11.1 Å². The minimum absolute atomic E-state index is 0.0219. The summed E-state index contributed by atoms with van der Waals surface area (Å²) in [5.74, 6) is -0.382. The minimum atomic E-state index is -4.63. The van der Waals surface area contributed by atoms with Crippen LogP contribution >= 0.6 is 11.3 Å². The summed E-state index contributed by atoms with van der Waals surface area (Å²) in [6.45, 7) is 1.86. The fourth-order valence-electron chi connectivity index (χ4n) is 2.46. The first-order chi connectivity index (χ1) is 11.9. The fourth-order valence-corrected chi connectivity index (χ4v) is 3.30. The van der Waals surface area contributed by atoms with E-state index in [1.807, 2.05) is 17.7 Å². The van der Waals surface area contributed by atoms with E-state index in [0.717, 1.165) is 11.1 Å². The highest BCUT2D eigenvalue weighted by molar-refractivity contribution is 7.08. The lowest BCUT2D eigenvalue weighted by Crippen LogP contribution is -2.27. The van der Waals surface area contributed by atoms with Gasteiger partial charge >= 0.3 is 6.18 Å². The van der Waals surface area contributed by atoms with Crippen molar-refractivity contribution in [2.45, 2.75) is 19.2 Å². The summed E-state index contributed by atoms with van der Waals surface area (Å²) in [6.07, 6.45) is -5.54. The molecule has 0 aliphatic rings. The zero-order valence-electron chi connectivity index (χ0n) is 13.1. The highest BCUT2D eigenvalue weighted by atomic mass is 32.1. The van der Waals surface area contributed by atoms with Crippen molar-refractivity contribution >= 4 is 17.3 Å². The van der Waals surface area contributed by atoms with E-state index in [0.29, 0.717) is 5.56 Å². The summed E-state index contributed by atoms with van der Waals surface area (Å²) in [5.41, 5.74) is 7.58. The average Bonchev–Trinajstić information content (AvgIpc) is 2.98. The molecule has 0 radical (unpaired) electrons. The van der Waals surface area contributed by atoms with Crippen molar-refractivity contribution < 1.29 is 17.9 Å². The third-order valence-corrected chi connectivity index (χ3v) is 4.43. The number of benzene rings is 1. The number of nitrogens with zero attached hydrogens (tertiary/aromatic N) is 2. The van der Waals surface area contributed by atoms with E-state index in [4.69, 9.17) is 10.5 Å². The van der Waals surface area contributed by atoms with Gasteiger partial charge in [0.25, 0.3) is 0 Å². The van der Waals surface area contributed by atoms with Gasteiger partial charge in [-0.05, 0) is 34.4 Å². The van der Waals surface area contributed by atoms with Gasteiger partial charge in [-0.3, -0.25) is 0 Å². The zero-order valence-corrected chi connectivity index (χ0v) is 13.9. The number of rotatable bonds is 4. The normalized spacial score (nSPS) is 12.8. The van der Waals surface area contributed by atoms with Crippen molar-refractivity contribution in [1.82, 2.24) is 9.97 Å². The van der Waals surface area contributed by atoms with Gasteiger partial charge in [-0.2, -0.15) is 29.5 Å². The third-order valence-electron chi connectivity index (χ3n) is 3.57. The van der Waals surface area contributed by atoms with Crippen molar-refractivity contribution in [2.24, 2.45) is 0 Å². The maximum Gasteiger partial charge on any atom is 0.429 e. The first-order valence-corrected chi connectivity index (χ1v) is 8.24. The second-order valence-electron chi connectivity index (χ2n) is 5.35. The Kier molecular flexibility index (Phi) is 4.63. The number of hydrogen-bond acceptors (Lipinski definition) is 5. The number of ether oxygens (including phenoxy) is 1. The Labute approximate surface area is 146 Å². The molecule has 2 heterocycles. The number of nitrogens with two attached hydrogens (primary N) is 1. The molecule has 130 valence electrons.